The van der Waals surface area contributed by atoms with Crippen LogP contribution in [-0.2, 0) is 6.42 Å². The highest BCUT2D eigenvalue weighted by Gasteiger charge is 2.04. The highest BCUT2D eigenvalue weighted by atomic mass is 79.9. The maximum absolute atomic E-state index is 13.2. The number of alkyl halides is 1. The van der Waals surface area contributed by atoms with Gasteiger partial charge in [-0.25, -0.2) is 4.39 Å². The molecule has 0 saturated carbocycles. The molecule has 0 amide bonds. The first-order chi connectivity index (χ1) is 6.09. The Kier molecular flexibility index (Phi) is 4.20. The highest BCUT2D eigenvalue weighted by molar-refractivity contribution is 9.10. The van der Waals surface area contributed by atoms with Crippen molar-refractivity contribution >= 4 is 27.5 Å². The summed E-state index contributed by atoms with van der Waals surface area (Å²) in [7, 11) is 0. The first-order valence-electron chi connectivity index (χ1n) is 4.17. The van der Waals surface area contributed by atoms with E-state index in [1.165, 1.54) is 6.07 Å². The van der Waals surface area contributed by atoms with E-state index in [1.807, 2.05) is 13.0 Å². The molecule has 1 aromatic rings. The minimum atomic E-state index is -0.160. The molecule has 0 radical (unpaired) electrons. The molecule has 0 aromatic heterocycles. The lowest BCUT2D eigenvalue weighted by Gasteiger charge is -2.04. The number of benzene rings is 1. The molecule has 0 spiro atoms. The summed E-state index contributed by atoms with van der Waals surface area (Å²) in [5.74, 6) is -0.160. The third-order valence-electron chi connectivity index (χ3n) is 1.83. The van der Waals surface area contributed by atoms with Crippen LogP contribution in [0, 0.1) is 5.82 Å². The smallest absolute Gasteiger partial charge is 0.127 e. The summed E-state index contributed by atoms with van der Waals surface area (Å²) in [6, 6.07) is 5.12. The van der Waals surface area contributed by atoms with Gasteiger partial charge in [0.05, 0.1) is 0 Å². The van der Waals surface area contributed by atoms with Gasteiger partial charge < -0.3 is 0 Å². The van der Waals surface area contributed by atoms with Crippen molar-refractivity contribution < 1.29 is 4.39 Å². The van der Waals surface area contributed by atoms with Gasteiger partial charge >= 0.3 is 0 Å². The van der Waals surface area contributed by atoms with Gasteiger partial charge in [-0.15, -0.1) is 11.6 Å². The number of hydrogen-bond donors (Lipinski definition) is 0. The van der Waals surface area contributed by atoms with Gasteiger partial charge in [0.2, 0.25) is 0 Å². The molecule has 0 aliphatic rings. The summed E-state index contributed by atoms with van der Waals surface area (Å²) in [5, 5.41) is 0.100. The Morgan fingerprint density at radius 3 is 2.77 bits per heavy atom. The molecule has 72 valence electrons. The van der Waals surface area contributed by atoms with Crippen LogP contribution in [0.3, 0.4) is 0 Å². The van der Waals surface area contributed by atoms with Gasteiger partial charge in [-0.3, -0.25) is 0 Å². The van der Waals surface area contributed by atoms with Crippen LogP contribution in [-0.4, -0.2) is 5.38 Å². The number of halogens is 3. The first kappa shape index (κ1) is 11.0. The van der Waals surface area contributed by atoms with Crippen LogP contribution < -0.4 is 0 Å². The summed E-state index contributed by atoms with van der Waals surface area (Å²) in [6.07, 6.45) is 1.50. The lowest BCUT2D eigenvalue weighted by molar-refractivity contribution is 0.603. The van der Waals surface area contributed by atoms with Gasteiger partial charge in [-0.2, -0.15) is 0 Å². The third-order valence-corrected chi connectivity index (χ3v) is 2.54. The fourth-order valence-corrected chi connectivity index (χ4v) is 1.52. The van der Waals surface area contributed by atoms with Crippen molar-refractivity contribution in [2.45, 2.75) is 25.1 Å². The summed E-state index contributed by atoms with van der Waals surface area (Å²) < 4.78 is 14.0. The maximum Gasteiger partial charge on any atom is 0.127 e. The minimum Gasteiger partial charge on any atom is -0.207 e. The average Bonchev–Trinajstić information content (AvgIpc) is 2.02. The lowest BCUT2D eigenvalue weighted by atomic mass is 10.1. The zero-order valence-electron chi connectivity index (χ0n) is 7.36. The predicted octanol–water partition coefficient (Wildman–Crippen LogP) is 4.15. The molecular formula is C10H11BrClF. The van der Waals surface area contributed by atoms with Crippen LogP contribution in [0.1, 0.15) is 18.9 Å². The SMILES string of the molecule is CC(Cl)CCc1ccc(Br)cc1F. The molecule has 13 heavy (non-hydrogen) atoms. The molecule has 0 N–H and O–H groups in total. The van der Waals surface area contributed by atoms with Crippen molar-refractivity contribution in [1.29, 1.82) is 0 Å². The highest BCUT2D eigenvalue weighted by Crippen LogP contribution is 2.17. The second-order valence-electron chi connectivity index (χ2n) is 3.06. The van der Waals surface area contributed by atoms with E-state index in [9.17, 15) is 4.39 Å². The number of hydrogen-bond acceptors (Lipinski definition) is 0. The van der Waals surface area contributed by atoms with Gasteiger partial charge in [-0.1, -0.05) is 22.0 Å². The molecule has 0 saturated heterocycles. The van der Waals surface area contributed by atoms with Crippen LogP contribution in [0.5, 0.6) is 0 Å². The molecule has 0 heterocycles. The molecule has 1 rings (SSSR count). The van der Waals surface area contributed by atoms with Crippen LogP contribution in [0.15, 0.2) is 22.7 Å². The molecule has 0 aliphatic carbocycles. The van der Waals surface area contributed by atoms with Crippen molar-refractivity contribution in [3.05, 3.63) is 34.1 Å². The zero-order chi connectivity index (χ0) is 9.84. The average molecular weight is 266 g/mol. The standard InChI is InChI=1S/C10H11BrClF/c1-7(12)2-3-8-4-5-9(11)6-10(8)13/h4-7H,2-3H2,1H3. The van der Waals surface area contributed by atoms with E-state index < -0.39 is 0 Å². The summed E-state index contributed by atoms with van der Waals surface area (Å²) in [4.78, 5) is 0. The molecule has 0 bridgehead atoms. The van der Waals surface area contributed by atoms with Crippen LogP contribution in [0.25, 0.3) is 0 Å². The largest absolute Gasteiger partial charge is 0.207 e. The normalized spacial score (nSPS) is 12.9. The van der Waals surface area contributed by atoms with Crippen molar-refractivity contribution in [2.24, 2.45) is 0 Å². The Hall–Kier alpha value is -0.0800. The van der Waals surface area contributed by atoms with Crippen molar-refractivity contribution in [1.82, 2.24) is 0 Å². The van der Waals surface area contributed by atoms with Crippen molar-refractivity contribution in [3.8, 4) is 0 Å². The second-order valence-corrected chi connectivity index (χ2v) is 4.72. The molecule has 1 aromatic carbocycles. The Morgan fingerprint density at radius 1 is 1.54 bits per heavy atom. The molecule has 1 atom stereocenters. The molecule has 0 fully saturated rings. The van der Waals surface area contributed by atoms with Gasteiger partial charge in [0.25, 0.3) is 0 Å². The second kappa shape index (κ2) is 4.97. The Bertz CT molecular complexity index is 286. The van der Waals surface area contributed by atoms with E-state index in [2.05, 4.69) is 15.9 Å². The Labute approximate surface area is 91.2 Å². The molecule has 0 nitrogen and oxygen atoms in total. The van der Waals surface area contributed by atoms with Gasteiger partial charge in [0.1, 0.15) is 5.82 Å². The first-order valence-corrected chi connectivity index (χ1v) is 5.40. The molecule has 0 aliphatic heterocycles. The predicted molar refractivity (Wildman–Crippen MR) is 57.7 cm³/mol. The van der Waals surface area contributed by atoms with E-state index in [1.54, 1.807) is 6.07 Å². The van der Waals surface area contributed by atoms with E-state index in [0.29, 0.717) is 6.42 Å². The zero-order valence-corrected chi connectivity index (χ0v) is 9.70. The van der Waals surface area contributed by atoms with Crippen molar-refractivity contribution in [3.63, 3.8) is 0 Å². The third kappa shape index (κ3) is 3.65. The van der Waals surface area contributed by atoms with Crippen molar-refractivity contribution in [2.75, 3.05) is 0 Å². The summed E-state index contributed by atoms with van der Waals surface area (Å²) in [5.41, 5.74) is 0.732. The quantitative estimate of drug-likeness (QED) is 0.720. The fourth-order valence-electron chi connectivity index (χ4n) is 1.08. The molecular weight excluding hydrogens is 254 g/mol. The monoisotopic (exact) mass is 264 g/mol. The maximum atomic E-state index is 13.2. The van der Waals surface area contributed by atoms with Gasteiger partial charge in [-0.05, 0) is 37.5 Å². The number of rotatable bonds is 3. The fraction of sp³-hybridized carbons (Fsp3) is 0.400. The van der Waals surface area contributed by atoms with Crippen LogP contribution in [0.4, 0.5) is 4.39 Å². The lowest BCUT2D eigenvalue weighted by Crippen LogP contribution is -1.97. The van der Waals surface area contributed by atoms with E-state index in [0.717, 1.165) is 16.5 Å². The topological polar surface area (TPSA) is 0 Å². The van der Waals surface area contributed by atoms with E-state index in [4.69, 9.17) is 11.6 Å². The molecule has 1 unspecified atom stereocenters. The Balaban J connectivity index is 2.67. The summed E-state index contributed by atoms with van der Waals surface area (Å²) in [6.45, 7) is 1.91. The minimum absolute atomic E-state index is 0.100. The van der Waals surface area contributed by atoms with Gasteiger partial charge in [0.15, 0.2) is 0 Å². The number of aryl methyl sites for hydroxylation is 1. The Morgan fingerprint density at radius 2 is 2.23 bits per heavy atom. The van der Waals surface area contributed by atoms with E-state index in [-0.39, 0.29) is 11.2 Å². The van der Waals surface area contributed by atoms with Gasteiger partial charge in [0, 0.05) is 9.85 Å². The molecule has 3 heteroatoms. The van der Waals surface area contributed by atoms with E-state index >= 15 is 0 Å². The van der Waals surface area contributed by atoms with Crippen LogP contribution in [0.2, 0.25) is 0 Å². The van der Waals surface area contributed by atoms with Crippen LogP contribution >= 0.6 is 27.5 Å². The summed E-state index contributed by atoms with van der Waals surface area (Å²) >= 11 is 8.99.